The number of unbranched alkanes of at least 4 members (excludes halogenated alkanes) is 5. The van der Waals surface area contributed by atoms with Crippen LogP contribution in [0.25, 0.3) is 0 Å². The fraction of sp³-hybridized carbons (Fsp3) is 1.00. The molecule has 0 amide bonds. The average molecular weight is 143 g/mol. The van der Waals surface area contributed by atoms with Crippen LogP contribution in [-0.2, 0) is 0 Å². The summed E-state index contributed by atoms with van der Waals surface area (Å²) in [6.07, 6.45) is 6.50. The molecule has 2 nitrogen and oxygen atoms in total. The van der Waals surface area contributed by atoms with Gasteiger partial charge in [0, 0.05) is 13.2 Å². The zero-order valence-electron chi connectivity index (χ0n) is 6.55. The van der Waals surface area contributed by atoms with Gasteiger partial charge in [-0.15, -0.1) is 5.73 Å². The molecule has 0 heterocycles. The smallest absolute Gasteiger partial charge is 0.0431 e. The Hall–Kier alpha value is -0.0800. The Morgan fingerprint density at radius 1 is 0.800 bits per heavy atom. The highest BCUT2D eigenvalue weighted by Gasteiger charge is 1.88. The van der Waals surface area contributed by atoms with Crippen molar-refractivity contribution in [1.29, 1.82) is 0 Å². The second-order valence-corrected chi connectivity index (χ2v) is 2.57. The molecule has 0 aromatic carbocycles. The van der Waals surface area contributed by atoms with Crippen LogP contribution in [0.5, 0.6) is 0 Å². The summed E-state index contributed by atoms with van der Waals surface area (Å²) < 4.78 is 0. The largest absolute Gasteiger partial charge is 0.396 e. The predicted molar refractivity (Wildman–Crippen MR) is 41.8 cm³/mol. The van der Waals surface area contributed by atoms with Crippen molar-refractivity contribution >= 4 is 0 Å². The SMILES string of the molecule is [N]CCCCCCCCO. The molecule has 60 valence electrons. The minimum atomic E-state index is 0.319. The summed E-state index contributed by atoms with van der Waals surface area (Å²) in [5.41, 5.74) is 8.43. The molecule has 0 saturated carbocycles. The summed E-state index contributed by atoms with van der Waals surface area (Å²) in [6, 6.07) is 0. The van der Waals surface area contributed by atoms with Crippen molar-refractivity contribution in [2.24, 2.45) is 0 Å². The quantitative estimate of drug-likeness (QED) is 0.538. The van der Waals surface area contributed by atoms with Crippen molar-refractivity contribution in [3.63, 3.8) is 0 Å². The molecular weight excluding hydrogens is 126 g/mol. The van der Waals surface area contributed by atoms with E-state index in [4.69, 9.17) is 10.8 Å². The summed E-state index contributed by atoms with van der Waals surface area (Å²) in [5.74, 6) is 0. The zero-order valence-corrected chi connectivity index (χ0v) is 6.55. The van der Waals surface area contributed by atoms with E-state index < -0.39 is 0 Å². The zero-order chi connectivity index (χ0) is 7.66. The number of nitrogens with zero attached hydrogens (tertiary/aromatic N) is 1. The van der Waals surface area contributed by atoms with Crippen molar-refractivity contribution in [3.8, 4) is 0 Å². The lowest BCUT2D eigenvalue weighted by molar-refractivity contribution is 0.282. The minimum absolute atomic E-state index is 0.319. The highest BCUT2D eigenvalue weighted by molar-refractivity contribution is 4.44. The van der Waals surface area contributed by atoms with Gasteiger partial charge < -0.3 is 5.11 Å². The van der Waals surface area contributed by atoms with E-state index in [2.05, 4.69) is 0 Å². The molecule has 1 N–H and O–H groups in total. The third-order valence-electron chi connectivity index (χ3n) is 1.57. The Morgan fingerprint density at radius 2 is 1.30 bits per heavy atom. The minimum Gasteiger partial charge on any atom is -0.396 e. The van der Waals surface area contributed by atoms with Gasteiger partial charge >= 0.3 is 0 Å². The fourth-order valence-electron chi connectivity index (χ4n) is 0.931. The Balaban J connectivity index is 2.65. The third-order valence-corrected chi connectivity index (χ3v) is 1.57. The Labute approximate surface area is 63.4 Å². The van der Waals surface area contributed by atoms with E-state index in [1.165, 1.54) is 12.8 Å². The molecule has 0 aliphatic rings. The number of aliphatic hydroxyl groups is 1. The van der Waals surface area contributed by atoms with Gasteiger partial charge in [-0.2, -0.15) is 0 Å². The monoisotopic (exact) mass is 143 g/mol. The molecule has 2 heteroatoms. The van der Waals surface area contributed by atoms with Crippen LogP contribution >= 0.6 is 0 Å². The molecule has 0 aliphatic heterocycles. The maximum Gasteiger partial charge on any atom is 0.0431 e. The average Bonchev–Trinajstić information content (AvgIpc) is 1.97. The van der Waals surface area contributed by atoms with E-state index in [-0.39, 0.29) is 0 Å². The van der Waals surface area contributed by atoms with Crippen LogP contribution < -0.4 is 5.73 Å². The molecule has 0 unspecified atom stereocenters. The highest BCUT2D eigenvalue weighted by Crippen LogP contribution is 2.03. The van der Waals surface area contributed by atoms with Crippen molar-refractivity contribution in [3.05, 3.63) is 0 Å². The topological polar surface area (TPSA) is 42.5 Å². The lowest BCUT2D eigenvalue weighted by atomic mass is 10.1. The first-order chi connectivity index (χ1) is 4.91. The van der Waals surface area contributed by atoms with Gasteiger partial charge in [0.15, 0.2) is 0 Å². The normalized spacial score (nSPS) is 10.2. The summed E-state index contributed by atoms with van der Waals surface area (Å²) in [7, 11) is 0. The maximum atomic E-state index is 8.43. The van der Waals surface area contributed by atoms with Gasteiger partial charge in [0.2, 0.25) is 0 Å². The van der Waals surface area contributed by atoms with Gasteiger partial charge in [0.05, 0.1) is 0 Å². The number of rotatable bonds is 7. The number of hydrogen-bond acceptors (Lipinski definition) is 1. The van der Waals surface area contributed by atoms with E-state index in [0.29, 0.717) is 13.2 Å². The molecular formula is C8H17NO. The first-order valence-corrected chi connectivity index (χ1v) is 4.13. The molecule has 0 aliphatic carbocycles. The fourth-order valence-corrected chi connectivity index (χ4v) is 0.931. The summed E-state index contributed by atoms with van der Waals surface area (Å²) in [5, 5.41) is 8.43. The summed E-state index contributed by atoms with van der Waals surface area (Å²) in [4.78, 5) is 0. The third kappa shape index (κ3) is 7.92. The van der Waals surface area contributed by atoms with E-state index in [1.807, 2.05) is 0 Å². The van der Waals surface area contributed by atoms with Crippen LogP contribution in [0.3, 0.4) is 0 Å². The molecule has 0 fully saturated rings. The van der Waals surface area contributed by atoms with Crippen molar-refractivity contribution in [2.45, 2.75) is 38.5 Å². The first-order valence-electron chi connectivity index (χ1n) is 4.13. The lowest BCUT2D eigenvalue weighted by Gasteiger charge is -1.96. The molecule has 0 aromatic heterocycles. The van der Waals surface area contributed by atoms with Crippen molar-refractivity contribution in [1.82, 2.24) is 5.73 Å². The van der Waals surface area contributed by atoms with E-state index >= 15 is 0 Å². The van der Waals surface area contributed by atoms with Crippen LogP contribution in [0.2, 0.25) is 0 Å². The van der Waals surface area contributed by atoms with Crippen LogP contribution in [0, 0.1) is 0 Å². The number of hydrogen-bond donors (Lipinski definition) is 1. The Kier molecular flexibility index (Phi) is 8.85. The van der Waals surface area contributed by atoms with Gasteiger partial charge in [0.1, 0.15) is 0 Å². The molecule has 0 spiro atoms. The molecule has 10 heavy (non-hydrogen) atoms. The van der Waals surface area contributed by atoms with Crippen LogP contribution in [-0.4, -0.2) is 18.3 Å². The van der Waals surface area contributed by atoms with Gasteiger partial charge in [0.25, 0.3) is 0 Å². The Bertz CT molecular complexity index is 49.2. The molecule has 0 aromatic rings. The van der Waals surface area contributed by atoms with Gasteiger partial charge in [-0.25, -0.2) is 0 Å². The van der Waals surface area contributed by atoms with Crippen LogP contribution in [0.15, 0.2) is 0 Å². The van der Waals surface area contributed by atoms with Gasteiger partial charge in [-0.1, -0.05) is 25.7 Å². The van der Waals surface area contributed by atoms with E-state index in [9.17, 15) is 0 Å². The van der Waals surface area contributed by atoms with Crippen LogP contribution in [0.4, 0.5) is 0 Å². The summed E-state index contributed by atoms with van der Waals surface area (Å²) in [6.45, 7) is 0.639. The Morgan fingerprint density at radius 3 is 1.80 bits per heavy atom. The molecule has 0 atom stereocenters. The predicted octanol–water partition coefficient (Wildman–Crippen LogP) is 1.39. The standard InChI is InChI=1S/C8H17NO/c9-7-5-3-1-2-4-6-8-10/h10H,1-8H2. The molecule has 0 bridgehead atoms. The molecule has 0 saturated heterocycles. The molecule has 2 radical (unpaired) electrons. The van der Waals surface area contributed by atoms with Gasteiger partial charge in [-0.3, -0.25) is 0 Å². The second-order valence-electron chi connectivity index (χ2n) is 2.57. The van der Waals surface area contributed by atoms with E-state index in [0.717, 1.165) is 25.7 Å². The first kappa shape index (κ1) is 9.92. The van der Waals surface area contributed by atoms with Crippen LogP contribution in [0.1, 0.15) is 38.5 Å². The maximum absolute atomic E-state index is 8.43. The van der Waals surface area contributed by atoms with Crippen molar-refractivity contribution < 1.29 is 5.11 Å². The summed E-state index contributed by atoms with van der Waals surface area (Å²) >= 11 is 0. The highest BCUT2D eigenvalue weighted by atomic mass is 16.2. The molecule has 0 rings (SSSR count). The van der Waals surface area contributed by atoms with Crippen molar-refractivity contribution in [2.75, 3.05) is 13.2 Å². The lowest BCUT2D eigenvalue weighted by Crippen LogP contribution is -1.86. The van der Waals surface area contributed by atoms with Gasteiger partial charge in [-0.05, 0) is 12.8 Å². The van der Waals surface area contributed by atoms with E-state index in [1.54, 1.807) is 0 Å². The second kappa shape index (κ2) is 8.92. The number of aliphatic hydroxyl groups excluding tert-OH is 1.